The first-order valence-electron chi connectivity index (χ1n) is 7.03. The fourth-order valence-corrected chi connectivity index (χ4v) is 1.84. The van der Waals surface area contributed by atoms with E-state index < -0.39 is 0 Å². The van der Waals surface area contributed by atoms with E-state index in [0.29, 0.717) is 6.04 Å². The van der Waals surface area contributed by atoms with Crippen LogP contribution in [0, 0.1) is 5.92 Å². The molecule has 1 atom stereocenters. The highest BCUT2D eigenvalue weighted by Gasteiger charge is 2.02. The summed E-state index contributed by atoms with van der Waals surface area (Å²) < 4.78 is 5.58. The SMILES string of the molecule is CC(C)CCOCCNC(C)Cc1ccccc1. The van der Waals surface area contributed by atoms with Crippen molar-refractivity contribution in [3.8, 4) is 0 Å². The van der Waals surface area contributed by atoms with Gasteiger partial charge in [0.2, 0.25) is 0 Å². The Balaban J connectivity index is 2.02. The minimum Gasteiger partial charge on any atom is -0.380 e. The second-order valence-corrected chi connectivity index (χ2v) is 5.34. The average molecular weight is 249 g/mol. The molecule has 1 N–H and O–H groups in total. The molecule has 0 radical (unpaired) electrons. The Hall–Kier alpha value is -0.860. The number of hydrogen-bond acceptors (Lipinski definition) is 2. The summed E-state index contributed by atoms with van der Waals surface area (Å²) in [5.41, 5.74) is 1.39. The lowest BCUT2D eigenvalue weighted by Crippen LogP contribution is -2.31. The molecule has 1 aromatic rings. The van der Waals surface area contributed by atoms with E-state index in [4.69, 9.17) is 4.74 Å². The van der Waals surface area contributed by atoms with Crippen molar-refractivity contribution in [2.24, 2.45) is 5.92 Å². The molecule has 0 saturated carbocycles. The Bertz CT molecular complexity index is 297. The van der Waals surface area contributed by atoms with E-state index in [0.717, 1.165) is 38.5 Å². The van der Waals surface area contributed by atoms with Gasteiger partial charge >= 0.3 is 0 Å². The summed E-state index contributed by atoms with van der Waals surface area (Å²) in [7, 11) is 0. The normalized spacial score (nSPS) is 12.9. The maximum Gasteiger partial charge on any atom is 0.0591 e. The molecule has 1 unspecified atom stereocenters. The summed E-state index contributed by atoms with van der Waals surface area (Å²) in [5.74, 6) is 0.731. The first kappa shape index (κ1) is 15.2. The number of benzene rings is 1. The molecule has 0 aliphatic heterocycles. The van der Waals surface area contributed by atoms with E-state index >= 15 is 0 Å². The van der Waals surface area contributed by atoms with Gasteiger partial charge in [0, 0.05) is 19.2 Å². The van der Waals surface area contributed by atoms with Crippen molar-refractivity contribution >= 4 is 0 Å². The Kier molecular flexibility index (Phi) is 7.70. The van der Waals surface area contributed by atoms with E-state index in [-0.39, 0.29) is 0 Å². The summed E-state index contributed by atoms with van der Waals surface area (Å²) >= 11 is 0. The van der Waals surface area contributed by atoms with Gasteiger partial charge in [-0.05, 0) is 31.2 Å². The molecule has 0 saturated heterocycles. The fourth-order valence-electron chi connectivity index (χ4n) is 1.84. The molecule has 0 aromatic heterocycles. The molecular formula is C16H27NO. The number of ether oxygens (including phenoxy) is 1. The lowest BCUT2D eigenvalue weighted by molar-refractivity contribution is 0.123. The highest BCUT2D eigenvalue weighted by molar-refractivity contribution is 5.15. The predicted octanol–water partition coefficient (Wildman–Crippen LogP) is 3.27. The van der Waals surface area contributed by atoms with Crippen molar-refractivity contribution in [2.75, 3.05) is 19.8 Å². The first-order chi connectivity index (χ1) is 8.68. The smallest absolute Gasteiger partial charge is 0.0591 e. The van der Waals surface area contributed by atoms with Gasteiger partial charge in [-0.3, -0.25) is 0 Å². The van der Waals surface area contributed by atoms with Crippen molar-refractivity contribution in [3.63, 3.8) is 0 Å². The Morgan fingerprint density at radius 3 is 2.44 bits per heavy atom. The van der Waals surface area contributed by atoms with E-state index in [1.807, 2.05) is 0 Å². The number of hydrogen-bond donors (Lipinski definition) is 1. The zero-order valence-electron chi connectivity index (χ0n) is 12.0. The molecule has 0 aliphatic carbocycles. The van der Waals surface area contributed by atoms with Crippen molar-refractivity contribution in [1.82, 2.24) is 5.32 Å². The standard InChI is InChI=1S/C16H27NO/c1-14(2)9-11-18-12-10-17-15(3)13-16-7-5-4-6-8-16/h4-8,14-15,17H,9-13H2,1-3H3. The topological polar surface area (TPSA) is 21.3 Å². The molecule has 0 spiro atoms. The molecule has 0 amide bonds. The maximum absolute atomic E-state index is 5.58. The van der Waals surface area contributed by atoms with Crippen LogP contribution < -0.4 is 5.32 Å². The molecule has 18 heavy (non-hydrogen) atoms. The highest BCUT2D eigenvalue weighted by atomic mass is 16.5. The van der Waals surface area contributed by atoms with Crippen LogP contribution in [-0.4, -0.2) is 25.8 Å². The van der Waals surface area contributed by atoms with Crippen LogP contribution in [0.3, 0.4) is 0 Å². The Labute approximate surface area is 112 Å². The molecule has 102 valence electrons. The zero-order valence-corrected chi connectivity index (χ0v) is 12.0. The lowest BCUT2D eigenvalue weighted by atomic mass is 10.1. The van der Waals surface area contributed by atoms with Gasteiger partial charge in [0.15, 0.2) is 0 Å². The number of nitrogens with one attached hydrogen (secondary N) is 1. The third-order valence-corrected chi connectivity index (χ3v) is 2.96. The van der Waals surface area contributed by atoms with Crippen molar-refractivity contribution in [1.29, 1.82) is 0 Å². The van der Waals surface area contributed by atoms with E-state index in [9.17, 15) is 0 Å². The van der Waals surface area contributed by atoms with Crippen LogP contribution in [0.15, 0.2) is 30.3 Å². The maximum atomic E-state index is 5.58. The average Bonchev–Trinajstić information content (AvgIpc) is 2.34. The third kappa shape index (κ3) is 7.46. The predicted molar refractivity (Wildman–Crippen MR) is 77.9 cm³/mol. The van der Waals surface area contributed by atoms with Crippen LogP contribution in [0.4, 0.5) is 0 Å². The number of rotatable bonds is 9. The lowest BCUT2D eigenvalue weighted by Gasteiger charge is -2.14. The molecule has 1 aromatic carbocycles. The molecule has 0 heterocycles. The molecule has 2 heteroatoms. The van der Waals surface area contributed by atoms with Gasteiger partial charge in [-0.2, -0.15) is 0 Å². The quantitative estimate of drug-likeness (QED) is 0.678. The Morgan fingerprint density at radius 1 is 1.06 bits per heavy atom. The largest absolute Gasteiger partial charge is 0.380 e. The van der Waals surface area contributed by atoms with Crippen LogP contribution in [0.5, 0.6) is 0 Å². The van der Waals surface area contributed by atoms with Crippen LogP contribution >= 0.6 is 0 Å². The van der Waals surface area contributed by atoms with Crippen LogP contribution in [0.25, 0.3) is 0 Å². The van der Waals surface area contributed by atoms with Crippen LogP contribution in [0.1, 0.15) is 32.8 Å². The van der Waals surface area contributed by atoms with Gasteiger partial charge < -0.3 is 10.1 Å². The van der Waals surface area contributed by atoms with Gasteiger partial charge in [0.1, 0.15) is 0 Å². The second-order valence-electron chi connectivity index (χ2n) is 5.34. The third-order valence-electron chi connectivity index (χ3n) is 2.96. The summed E-state index contributed by atoms with van der Waals surface area (Å²) in [6, 6.07) is 11.1. The monoisotopic (exact) mass is 249 g/mol. The minimum atomic E-state index is 0.501. The zero-order chi connectivity index (χ0) is 13.2. The molecule has 2 nitrogen and oxygen atoms in total. The first-order valence-corrected chi connectivity index (χ1v) is 7.03. The van der Waals surface area contributed by atoms with E-state index in [2.05, 4.69) is 56.4 Å². The molecule has 1 rings (SSSR count). The van der Waals surface area contributed by atoms with Crippen LogP contribution in [-0.2, 0) is 11.2 Å². The van der Waals surface area contributed by atoms with E-state index in [1.165, 1.54) is 5.56 Å². The van der Waals surface area contributed by atoms with Crippen LogP contribution in [0.2, 0.25) is 0 Å². The van der Waals surface area contributed by atoms with Gasteiger partial charge in [0.25, 0.3) is 0 Å². The molecule has 0 fully saturated rings. The fraction of sp³-hybridized carbons (Fsp3) is 0.625. The van der Waals surface area contributed by atoms with Gasteiger partial charge in [-0.15, -0.1) is 0 Å². The molecular weight excluding hydrogens is 222 g/mol. The summed E-state index contributed by atoms with van der Waals surface area (Å²) in [6.45, 7) is 9.30. The second kappa shape index (κ2) is 9.12. The van der Waals surface area contributed by atoms with Crippen molar-refractivity contribution in [2.45, 2.75) is 39.7 Å². The van der Waals surface area contributed by atoms with Gasteiger partial charge in [0.05, 0.1) is 6.61 Å². The van der Waals surface area contributed by atoms with E-state index in [1.54, 1.807) is 0 Å². The minimum absolute atomic E-state index is 0.501. The summed E-state index contributed by atoms with van der Waals surface area (Å²) in [4.78, 5) is 0. The summed E-state index contributed by atoms with van der Waals surface area (Å²) in [6.07, 6.45) is 2.23. The van der Waals surface area contributed by atoms with Gasteiger partial charge in [-0.25, -0.2) is 0 Å². The molecule has 0 bridgehead atoms. The van der Waals surface area contributed by atoms with Crippen molar-refractivity contribution in [3.05, 3.63) is 35.9 Å². The van der Waals surface area contributed by atoms with Crippen molar-refractivity contribution < 1.29 is 4.74 Å². The highest BCUT2D eigenvalue weighted by Crippen LogP contribution is 2.02. The summed E-state index contributed by atoms with van der Waals surface area (Å²) in [5, 5.41) is 3.49. The van der Waals surface area contributed by atoms with Gasteiger partial charge in [-0.1, -0.05) is 44.2 Å². The molecule has 0 aliphatic rings. The Morgan fingerprint density at radius 2 is 1.78 bits per heavy atom.